The molecule has 0 amide bonds. The third-order valence-electron chi connectivity index (χ3n) is 0. The smallest absolute Gasteiger partial charge is 0.379 e. The number of nitrogens with zero attached hydrogens (tertiary/aromatic N) is 4. The summed E-state index contributed by atoms with van der Waals surface area (Å²) < 4.78 is 0. The van der Waals surface area contributed by atoms with Crippen LogP contribution in [0.2, 0.25) is 0 Å². The van der Waals surface area contributed by atoms with Crippen LogP contribution < -0.4 is 81.2 Å². The topological polar surface area (TPSA) is 269 Å². The SMILES string of the molecule is N.N.O=NO.O=NO.O=NO.O=NO.[Co].[Cs+]. The number of hydrogen-bond acceptors (Lipinski definition) is 10. The molecule has 0 aromatic rings. The number of rotatable bonds is 0. The minimum Gasteiger partial charge on any atom is -0.379 e. The summed E-state index contributed by atoms with van der Waals surface area (Å²) in [7, 11) is 0. The Kier molecular flexibility index (Phi) is 629. The quantitative estimate of drug-likeness (QED) is 0.185. The second-order valence-corrected chi connectivity index (χ2v) is 0.327. The maximum atomic E-state index is 8.11. The zero-order valence-electron chi connectivity index (χ0n) is 7.96. The molecule has 0 aliphatic heterocycles. The van der Waals surface area contributed by atoms with Crippen molar-refractivity contribution in [1.29, 1.82) is 0 Å². The average molecular weight is 414 g/mol. The van der Waals surface area contributed by atoms with Crippen molar-refractivity contribution < 1.29 is 107 Å². The van der Waals surface area contributed by atoms with Crippen molar-refractivity contribution in [3.63, 3.8) is 0 Å². The summed E-state index contributed by atoms with van der Waals surface area (Å²) in [4.78, 5) is 32.4. The Morgan fingerprint density at radius 1 is 0.562 bits per heavy atom. The van der Waals surface area contributed by atoms with Gasteiger partial charge in [-0.2, -0.15) is 0 Å². The predicted octanol–water partition coefficient (Wildman–Crippen LogP) is -2.11. The minimum absolute atomic E-state index is 0. The molecule has 0 unspecified atom stereocenters. The Morgan fingerprint density at radius 3 is 0.562 bits per heavy atom. The largest absolute Gasteiger partial charge is 1.00 e. The molecule has 0 aliphatic rings. The van der Waals surface area contributed by atoms with Crippen LogP contribution >= 0.6 is 0 Å². The van der Waals surface area contributed by atoms with Gasteiger partial charge in [0.15, 0.2) is 21.4 Å². The van der Waals surface area contributed by atoms with E-state index in [9.17, 15) is 0 Å². The van der Waals surface area contributed by atoms with Crippen LogP contribution in [0.5, 0.6) is 0 Å². The molecule has 1 radical (unpaired) electrons. The van der Waals surface area contributed by atoms with E-state index in [2.05, 4.69) is 0 Å². The molecule has 0 fully saturated rings. The van der Waals surface area contributed by atoms with E-state index in [1.54, 1.807) is 0 Å². The van der Waals surface area contributed by atoms with E-state index in [0.717, 1.165) is 0 Å². The van der Waals surface area contributed by atoms with Crippen molar-refractivity contribution in [3.05, 3.63) is 19.6 Å². The second kappa shape index (κ2) is 180. The average Bonchev–Trinajstić information content (AvgIpc) is 1.92. The summed E-state index contributed by atoms with van der Waals surface area (Å²) in [5.41, 5.74) is 0. The summed E-state index contributed by atoms with van der Waals surface area (Å²) in [5.74, 6) is 0. The van der Waals surface area contributed by atoms with Gasteiger partial charge in [0.1, 0.15) is 0 Å². The van der Waals surface area contributed by atoms with Crippen LogP contribution in [0, 0.1) is 19.6 Å². The predicted molar refractivity (Wildman–Crippen MR) is 40.4 cm³/mol. The van der Waals surface area contributed by atoms with E-state index in [4.69, 9.17) is 40.5 Å². The van der Waals surface area contributed by atoms with Gasteiger partial charge in [-0.1, -0.05) is 0 Å². The molecule has 97 valence electrons. The zero-order chi connectivity index (χ0) is 10.8. The van der Waals surface area contributed by atoms with Gasteiger partial charge >= 0.3 is 68.9 Å². The van der Waals surface area contributed by atoms with Gasteiger partial charge in [0.05, 0.1) is 0 Å². The van der Waals surface area contributed by atoms with Crippen LogP contribution in [0.25, 0.3) is 0 Å². The Morgan fingerprint density at radius 2 is 0.562 bits per heavy atom. The molecule has 10 N–H and O–H groups in total. The van der Waals surface area contributed by atoms with Crippen molar-refractivity contribution in [3.8, 4) is 0 Å². The summed E-state index contributed by atoms with van der Waals surface area (Å²) >= 11 is 0. The van der Waals surface area contributed by atoms with Gasteiger partial charge in [0, 0.05) is 16.8 Å². The fourth-order valence-electron chi connectivity index (χ4n) is 0. The first kappa shape index (κ1) is 56.0. The van der Waals surface area contributed by atoms with Crippen LogP contribution in [-0.4, -0.2) is 20.8 Å². The van der Waals surface area contributed by atoms with Crippen molar-refractivity contribution in [2.24, 2.45) is 21.4 Å². The Labute approximate surface area is 157 Å². The summed E-state index contributed by atoms with van der Waals surface area (Å²) in [6.07, 6.45) is 0. The monoisotopic (exact) mass is 414 g/mol. The first-order chi connectivity index (χ1) is 5.66. The number of hydrogen-bond donors (Lipinski definition) is 6. The maximum absolute atomic E-state index is 8.11. The molecule has 0 bridgehead atoms. The summed E-state index contributed by atoms with van der Waals surface area (Å²) in [6.45, 7) is 0. The van der Waals surface area contributed by atoms with Gasteiger partial charge in [0.2, 0.25) is 0 Å². The van der Waals surface area contributed by atoms with Gasteiger partial charge in [-0.3, -0.25) is 0 Å². The molecule has 0 aromatic heterocycles. The van der Waals surface area contributed by atoms with Gasteiger partial charge in [-0.15, -0.1) is 19.6 Å². The molecular weight excluding hydrogens is 404 g/mol. The van der Waals surface area contributed by atoms with Crippen LogP contribution in [0.1, 0.15) is 0 Å². The van der Waals surface area contributed by atoms with E-state index >= 15 is 0 Å². The van der Waals surface area contributed by atoms with Crippen LogP contribution in [0.3, 0.4) is 0 Å². The zero-order valence-corrected chi connectivity index (χ0v) is 15.3. The van der Waals surface area contributed by atoms with Crippen LogP contribution in [0.15, 0.2) is 21.4 Å². The first-order valence-electron chi connectivity index (χ1n) is 1.53. The van der Waals surface area contributed by atoms with Crippen LogP contribution in [0.4, 0.5) is 0 Å². The van der Waals surface area contributed by atoms with Gasteiger partial charge in [-0.05, 0) is 0 Å². The fourth-order valence-corrected chi connectivity index (χ4v) is 0. The molecule has 0 saturated heterocycles. The molecular formula is H10CoCsN6O8+. The fraction of sp³-hybridized carbons (Fsp3) is 0. The Bertz CT molecular complexity index is 78.5. The normalized spacial score (nSPS) is 3.00. The maximum Gasteiger partial charge on any atom is 1.00 e. The van der Waals surface area contributed by atoms with E-state index in [1.165, 1.54) is 21.4 Å². The molecule has 0 aromatic carbocycles. The molecule has 0 saturated carbocycles. The molecule has 0 atom stereocenters. The molecule has 0 aliphatic carbocycles. The molecule has 16 heteroatoms. The van der Waals surface area contributed by atoms with Crippen molar-refractivity contribution >= 4 is 0 Å². The minimum atomic E-state index is 0. The van der Waals surface area contributed by atoms with E-state index < -0.39 is 0 Å². The summed E-state index contributed by atoms with van der Waals surface area (Å²) in [5, 5.41) is 31.6. The van der Waals surface area contributed by atoms with Crippen LogP contribution in [-0.2, 0) is 16.8 Å². The Hall–Kier alpha value is 0.0784. The van der Waals surface area contributed by atoms with E-state index in [-0.39, 0.29) is 98.0 Å². The molecule has 0 spiro atoms. The molecule has 0 rings (SSSR count). The molecule has 14 nitrogen and oxygen atoms in total. The van der Waals surface area contributed by atoms with Gasteiger partial charge < -0.3 is 33.1 Å². The molecule has 16 heavy (non-hydrogen) atoms. The second-order valence-electron chi connectivity index (χ2n) is 0.327. The van der Waals surface area contributed by atoms with E-state index in [1.807, 2.05) is 0 Å². The first-order valence-corrected chi connectivity index (χ1v) is 1.53. The third-order valence-corrected chi connectivity index (χ3v) is 0. The van der Waals surface area contributed by atoms with Gasteiger partial charge in [-0.25, -0.2) is 0 Å². The van der Waals surface area contributed by atoms with Crippen molar-refractivity contribution in [1.82, 2.24) is 12.3 Å². The summed E-state index contributed by atoms with van der Waals surface area (Å²) in [6, 6.07) is 0. The molecule has 0 heterocycles. The van der Waals surface area contributed by atoms with E-state index in [0.29, 0.717) is 0 Å². The van der Waals surface area contributed by atoms with Crippen molar-refractivity contribution in [2.45, 2.75) is 0 Å². The third kappa shape index (κ3) is 391000. The Balaban J connectivity index is -0.00000000821. The standard InChI is InChI=1S/Co.Cs.4HNO2.2H3N/c;;4*2-1-3;;/h;;4*(H,2,3);2*1H3/q;+1;;;;;;. The van der Waals surface area contributed by atoms with Crippen molar-refractivity contribution in [2.75, 3.05) is 0 Å². The van der Waals surface area contributed by atoms with Gasteiger partial charge in [0.25, 0.3) is 0 Å².